The Labute approximate surface area is 56.8 Å². The molecule has 1 atom stereocenters. The second-order valence-corrected chi connectivity index (χ2v) is 3.61. The number of hydrogen-bond acceptors (Lipinski definition) is 2. The topological polar surface area (TPSA) is 29.3 Å². The standard InChI is InChI=1S/C5H12FN2P/c6-5(9)1-3-8(7)4-2-5/h1-4,7,9H2. The number of hydrogen-bond donors (Lipinski definition) is 1. The molecule has 1 aliphatic heterocycles. The molecule has 0 aliphatic carbocycles. The molecule has 1 rings (SSSR count). The lowest BCUT2D eigenvalue weighted by atomic mass is 10.1. The van der Waals surface area contributed by atoms with E-state index < -0.39 is 5.41 Å². The van der Waals surface area contributed by atoms with E-state index in [-0.39, 0.29) is 0 Å². The van der Waals surface area contributed by atoms with E-state index in [1.165, 1.54) is 0 Å². The fourth-order valence-corrected chi connectivity index (χ4v) is 1.15. The predicted molar refractivity (Wildman–Crippen MR) is 38.5 cm³/mol. The van der Waals surface area contributed by atoms with Gasteiger partial charge in [-0.1, -0.05) is 9.24 Å². The van der Waals surface area contributed by atoms with E-state index in [1.54, 1.807) is 5.01 Å². The minimum Gasteiger partial charge on any atom is -0.269 e. The number of rotatable bonds is 0. The van der Waals surface area contributed by atoms with Crippen molar-refractivity contribution in [1.29, 1.82) is 0 Å². The Morgan fingerprint density at radius 3 is 2.22 bits per heavy atom. The van der Waals surface area contributed by atoms with Crippen molar-refractivity contribution in [2.24, 2.45) is 5.84 Å². The monoisotopic (exact) mass is 150 g/mol. The van der Waals surface area contributed by atoms with E-state index in [1.807, 2.05) is 0 Å². The van der Waals surface area contributed by atoms with Crippen LogP contribution in [0.25, 0.3) is 0 Å². The highest BCUT2D eigenvalue weighted by molar-refractivity contribution is 7.18. The number of alkyl halides is 1. The van der Waals surface area contributed by atoms with Crippen LogP contribution in [-0.4, -0.2) is 23.5 Å². The normalized spacial score (nSPS) is 28.3. The molecule has 9 heavy (non-hydrogen) atoms. The third-order valence-corrected chi connectivity index (χ3v) is 2.21. The second kappa shape index (κ2) is 2.49. The number of nitrogens with zero attached hydrogens (tertiary/aromatic N) is 1. The molecule has 1 heterocycles. The van der Waals surface area contributed by atoms with Crippen LogP contribution in [0.4, 0.5) is 4.39 Å². The fraction of sp³-hybridized carbons (Fsp3) is 1.00. The summed E-state index contributed by atoms with van der Waals surface area (Å²) in [4.78, 5) is 0. The summed E-state index contributed by atoms with van der Waals surface area (Å²) in [5, 5.41) is 0.609. The molecule has 0 spiro atoms. The van der Waals surface area contributed by atoms with Crippen LogP contribution in [0.1, 0.15) is 12.8 Å². The quantitative estimate of drug-likeness (QED) is 0.402. The van der Waals surface area contributed by atoms with E-state index in [9.17, 15) is 4.39 Å². The molecule has 0 saturated carbocycles. The molecule has 1 aliphatic rings. The summed E-state index contributed by atoms with van der Waals surface area (Å²) in [5.74, 6) is 5.41. The summed E-state index contributed by atoms with van der Waals surface area (Å²) in [6.45, 7) is 1.33. The van der Waals surface area contributed by atoms with Crippen LogP contribution in [0.2, 0.25) is 0 Å². The Morgan fingerprint density at radius 2 is 1.89 bits per heavy atom. The van der Waals surface area contributed by atoms with Crippen molar-refractivity contribution in [3.63, 3.8) is 0 Å². The minimum atomic E-state index is -1.05. The average molecular weight is 150 g/mol. The van der Waals surface area contributed by atoms with Gasteiger partial charge in [-0.05, 0) is 12.8 Å². The summed E-state index contributed by atoms with van der Waals surface area (Å²) in [5.41, 5.74) is 0. The third kappa shape index (κ3) is 2.17. The van der Waals surface area contributed by atoms with E-state index in [0.29, 0.717) is 25.9 Å². The van der Waals surface area contributed by atoms with E-state index in [4.69, 9.17) is 5.84 Å². The minimum absolute atomic E-state index is 0.536. The van der Waals surface area contributed by atoms with Crippen molar-refractivity contribution < 1.29 is 4.39 Å². The highest BCUT2D eigenvalue weighted by Gasteiger charge is 2.28. The summed E-state index contributed by atoms with van der Waals surface area (Å²) < 4.78 is 12.9. The number of nitrogens with two attached hydrogens (primary N) is 1. The second-order valence-electron chi connectivity index (χ2n) is 2.57. The Bertz CT molecular complexity index is 97.1. The Balaban J connectivity index is 2.35. The van der Waals surface area contributed by atoms with Crippen molar-refractivity contribution in [3.05, 3.63) is 0 Å². The molecule has 1 fully saturated rings. The van der Waals surface area contributed by atoms with Gasteiger partial charge < -0.3 is 0 Å². The molecule has 1 unspecified atom stereocenters. The lowest BCUT2D eigenvalue weighted by Gasteiger charge is -2.30. The molecular formula is C5H12FN2P. The van der Waals surface area contributed by atoms with Crippen LogP contribution < -0.4 is 5.84 Å². The van der Waals surface area contributed by atoms with Gasteiger partial charge in [0.05, 0.1) is 0 Å². The van der Waals surface area contributed by atoms with Gasteiger partial charge in [0.15, 0.2) is 0 Å². The third-order valence-electron chi connectivity index (χ3n) is 1.63. The molecule has 2 N–H and O–H groups in total. The molecule has 0 radical (unpaired) electrons. The SMILES string of the molecule is NN1CCC(F)(P)CC1. The smallest absolute Gasteiger partial charge is 0.126 e. The molecule has 1 saturated heterocycles. The van der Waals surface area contributed by atoms with Gasteiger partial charge in [0.2, 0.25) is 0 Å². The maximum absolute atomic E-state index is 12.9. The van der Waals surface area contributed by atoms with Crippen LogP contribution in [-0.2, 0) is 0 Å². The zero-order valence-corrected chi connectivity index (χ0v) is 6.46. The molecular weight excluding hydrogens is 138 g/mol. The number of hydrazine groups is 1. The van der Waals surface area contributed by atoms with Crippen LogP contribution >= 0.6 is 9.24 Å². The van der Waals surface area contributed by atoms with E-state index in [2.05, 4.69) is 9.24 Å². The summed E-state index contributed by atoms with van der Waals surface area (Å²) >= 11 is 0. The summed E-state index contributed by atoms with van der Waals surface area (Å²) in [7, 11) is 2.23. The zero-order chi connectivity index (χ0) is 6.91. The predicted octanol–water partition coefficient (Wildman–Crippen LogP) is 0.497. The molecule has 2 nitrogen and oxygen atoms in total. The van der Waals surface area contributed by atoms with Gasteiger partial charge in [0.1, 0.15) is 5.41 Å². The van der Waals surface area contributed by atoms with Crippen LogP contribution in [0, 0.1) is 0 Å². The van der Waals surface area contributed by atoms with E-state index >= 15 is 0 Å². The molecule has 0 aromatic rings. The van der Waals surface area contributed by atoms with Gasteiger partial charge in [-0.15, -0.1) is 0 Å². The highest BCUT2D eigenvalue weighted by Crippen LogP contribution is 2.31. The maximum atomic E-state index is 12.9. The molecule has 0 aromatic carbocycles. The Morgan fingerprint density at radius 1 is 1.44 bits per heavy atom. The largest absolute Gasteiger partial charge is 0.269 e. The van der Waals surface area contributed by atoms with Gasteiger partial charge in [0.25, 0.3) is 0 Å². The van der Waals surface area contributed by atoms with Crippen molar-refractivity contribution in [1.82, 2.24) is 5.01 Å². The Kier molecular flexibility index (Phi) is 2.04. The van der Waals surface area contributed by atoms with Crippen molar-refractivity contribution in [2.75, 3.05) is 13.1 Å². The first kappa shape index (κ1) is 7.39. The van der Waals surface area contributed by atoms with Gasteiger partial charge in [-0.3, -0.25) is 5.84 Å². The lowest BCUT2D eigenvalue weighted by molar-refractivity contribution is 0.129. The van der Waals surface area contributed by atoms with Gasteiger partial charge >= 0.3 is 0 Å². The van der Waals surface area contributed by atoms with Crippen molar-refractivity contribution >= 4 is 9.24 Å². The van der Waals surface area contributed by atoms with Gasteiger partial charge in [-0.2, -0.15) is 0 Å². The highest BCUT2D eigenvalue weighted by atomic mass is 31.0. The van der Waals surface area contributed by atoms with Crippen LogP contribution in [0.15, 0.2) is 0 Å². The average Bonchev–Trinajstić information content (AvgIpc) is 1.78. The van der Waals surface area contributed by atoms with Crippen molar-refractivity contribution in [3.8, 4) is 0 Å². The number of piperidine rings is 1. The first-order valence-corrected chi connectivity index (χ1v) is 3.65. The van der Waals surface area contributed by atoms with Crippen LogP contribution in [0.5, 0.6) is 0 Å². The molecule has 4 heteroatoms. The van der Waals surface area contributed by atoms with Crippen molar-refractivity contribution in [2.45, 2.75) is 18.3 Å². The molecule has 54 valence electrons. The van der Waals surface area contributed by atoms with Gasteiger partial charge in [-0.25, -0.2) is 9.40 Å². The van der Waals surface area contributed by atoms with E-state index in [0.717, 1.165) is 0 Å². The summed E-state index contributed by atoms with van der Waals surface area (Å²) in [6.07, 6.45) is 1.07. The molecule has 0 amide bonds. The number of halogens is 1. The molecule has 0 aromatic heterocycles. The lowest BCUT2D eigenvalue weighted by Crippen LogP contribution is -2.42. The van der Waals surface area contributed by atoms with Crippen LogP contribution in [0.3, 0.4) is 0 Å². The Hall–Kier alpha value is 0.280. The first-order chi connectivity index (χ1) is 4.10. The molecule has 0 bridgehead atoms. The fourth-order valence-electron chi connectivity index (χ4n) is 0.896. The first-order valence-electron chi connectivity index (χ1n) is 3.08. The van der Waals surface area contributed by atoms with Gasteiger partial charge in [0, 0.05) is 13.1 Å². The summed E-state index contributed by atoms with van der Waals surface area (Å²) in [6, 6.07) is 0. The maximum Gasteiger partial charge on any atom is 0.126 e. The zero-order valence-electron chi connectivity index (χ0n) is 5.31.